The smallest absolute Gasteiger partial charge is 0.331 e. The first-order chi connectivity index (χ1) is 17.0. The quantitative estimate of drug-likeness (QED) is 0.330. The highest BCUT2D eigenvalue weighted by Crippen LogP contribution is 2.27. The molecular weight excluding hydrogens is 473 g/mol. The second-order valence-corrected chi connectivity index (χ2v) is 8.79. The van der Waals surface area contributed by atoms with E-state index in [0.717, 1.165) is 15.2 Å². The normalized spacial score (nSPS) is 12.9. The molecule has 12 heteroatoms. The van der Waals surface area contributed by atoms with E-state index in [-0.39, 0.29) is 53.6 Å². The summed E-state index contributed by atoms with van der Waals surface area (Å²) in [5.74, 6) is 0.0766. The first kappa shape index (κ1) is 26.8. The van der Waals surface area contributed by atoms with Crippen LogP contribution in [0.2, 0.25) is 0 Å². The number of hydrogen-bond donors (Lipinski definition) is 1. The molecule has 0 fully saturated rings. The highest BCUT2D eigenvalue weighted by molar-refractivity contribution is 5.97. The molecule has 36 heavy (non-hydrogen) atoms. The Morgan fingerprint density at radius 1 is 1.22 bits per heavy atom. The van der Waals surface area contributed by atoms with E-state index in [0.29, 0.717) is 5.89 Å². The van der Waals surface area contributed by atoms with Crippen LogP contribution in [0.25, 0.3) is 0 Å². The van der Waals surface area contributed by atoms with E-state index in [4.69, 9.17) is 14.0 Å². The molecule has 0 spiro atoms. The molecule has 1 aromatic carbocycles. The van der Waals surface area contributed by atoms with E-state index in [9.17, 15) is 19.1 Å². The zero-order chi connectivity index (χ0) is 26.6. The van der Waals surface area contributed by atoms with Crippen LogP contribution in [0, 0.1) is 5.82 Å². The molecule has 3 aromatic rings. The summed E-state index contributed by atoms with van der Waals surface area (Å²) in [7, 11) is 1.39. The Kier molecular flexibility index (Phi) is 8.41. The van der Waals surface area contributed by atoms with Crippen molar-refractivity contribution in [1.29, 1.82) is 0 Å². The van der Waals surface area contributed by atoms with Crippen molar-refractivity contribution in [1.82, 2.24) is 19.3 Å². The number of aromatic nitrogens is 4. The zero-order valence-electron chi connectivity index (χ0n) is 21.1. The maximum Gasteiger partial charge on any atom is 0.331 e. The van der Waals surface area contributed by atoms with E-state index in [1.807, 2.05) is 13.8 Å². The standard InChI is InChI=1S/C24H30FN5O6/c1-13(2)22-27-26-21(35-22)12-30-23(32)18(15(5)28-36-14(3)4)10-29(24(30)33)11-19(31)17-9-16(25)7-8-20(17)34-6/h7-10,13-14,19,31H,11-12H2,1-6H3/b28-15+. The van der Waals surface area contributed by atoms with Gasteiger partial charge in [0.25, 0.3) is 5.56 Å². The molecule has 1 unspecified atom stereocenters. The van der Waals surface area contributed by atoms with Gasteiger partial charge in [0.15, 0.2) is 0 Å². The molecule has 0 bridgehead atoms. The van der Waals surface area contributed by atoms with Gasteiger partial charge in [-0.1, -0.05) is 19.0 Å². The minimum absolute atomic E-state index is 0.0371. The number of nitrogens with zero attached hydrogens (tertiary/aromatic N) is 5. The number of aliphatic hydroxyl groups is 1. The predicted molar refractivity (Wildman–Crippen MR) is 129 cm³/mol. The molecular formula is C24H30FN5O6. The van der Waals surface area contributed by atoms with Gasteiger partial charge in [0, 0.05) is 17.7 Å². The van der Waals surface area contributed by atoms with Crippen LogP contribution in [-0.2, 0) is 17.9 Å². The van der Waals surface area contributed by atoms with Crippen LogP contribution >= 0.6 is 0 Å². The molecule has 2 aromatic heterocycles. The number of rotatable bonds is 10. The maximum absolute atomic E-state index is 13.9. The predicted octanol–water partition coefficient (Wildman–Crippen LogP) is 2.60. The maximum atomic E-state index is 13.9. The fourth-order valence-electron chi connectivity index (χ4n) is 3.35. The lowest BCUT2D eigenvalue weighted by atomic mass is 10.1. The van der Waals surface area contributed by atoms with Gasteiger partial charge >= 0.3 is 5.69 Å². The van der Waals surface area contributed by atoms with Crippen LogP contribution < -0.4 is 16.0 Å². The monoisotopic (exact) mass is 503 g/mol. The Morgan fingerprint density at radius 2 is 1.94 bits per heavy atom. The van der Waals surface area contributed by atoms with E-state index < -0.39 is 23.2 Å². The van der Waals surface area contributed by atoms with Crippen molar-refractivity contribution in [3.8, 4) is 5.75 Å². The summed E-state index contributed by atoms with van der Waals surface area (Å²) in [6, 6.07) is 3.70. The van der Waals surface area contributed by atoms with Crippen molar-refractivity contribution in [2.45, 2.75) is 65.8 Å². The Labute approximate surface area is 206 Å². The molecule has 194 valence electrons. The molecule has 3 rings (SSSR count). The molecule has 0 saturated carbocycles. The van der Waals surface area contributed by atoms with Crippen molar-refractivity contribution in [2.24, 2.45) is 5.16 Å². The Morgan fingerprint density at radius 3 is 2.56 bits per heavy atom. The second-order valence-electron chi connectivity index (χ2n) is 8.79. The SMILES string of the molecule is COc1ccc(F)cc1C(O)Cn1cc(/C(C)=N/OC(C)C)c(=O)n(Cc2nnc(C(C)C)o2)c1=O. The number of halogens is 1. The molecule has 0 amide bonds. The van der Waals surface area contributed by atoms with Crippen molar-refractivity contribution >= 4 is 5.71 Å². The van der Waals surface area contributed by atoms with Gasteiger partial charge in [-0.15, -0.1) is 10.2 Å². The van der Waals surface area contributed by atoms with Gasteiger partial charge in [0.1, 0.15) is 30.3 Å². The van der Waals surface area contributed by atoms with Gasteiger partial charge < -0.3 is 19.1 Å². The molecule has 0 saturated heterocycles. The van der Waals surface area contributed by atoms with Gasteiger partial charge in [0.2, 0.25) is 11.8 Å². The third-order valence-electron chi connectivity index (χ3n) is 5.22. The molecule has 1 atom stereocenters. The Bertz CT molecular complexity index is 1360. The molecule has 1 N–H and O–H groups in total. The van der Waals surface area contributed by atoms with Crippen LogP contribution in [0.3, 0.4) is 0 Å². The van der Waals surface area contributed by atoms with Crippen molar-refractivity contribution < 1.29 is 23.5 Å². The highest BCUT2D eigenvalue weighted by atomic mass is 19.1. The van der Waals surface area contributed by atoms with E-state index in [1.54, 1.807) is 20.8 Å². The summed E-state index contributed by atoms with van der Waals surface area (Å²) in [4.78, 5) is 31.8. The summed E-state index contributed by atoms with van der Waals surface area (Å²) >= 11 is 0. The third-order valence-corrected chi connectivity index (χ3v) is 5.22. The molecule has 11 nitrogen and oxygen atoms in total. The van der Waals surface area contributed by atoms with E-state index in [2.05, 4.69) is 15.4 Å². The van der Waals surface area contributed by atoms with Crippen molar-refractivity contribution in [3.05, 3.63) is 74.0 Å². The minimum atomic E-state index is -1.33. The van der Waals surface area contributed by atoms with Crippen molar-refractivity contribution in [3.63, 3.8) is 0 Å². The third kappa shape index (κ3) is 6.06. The lowest BCUT2D eigenvalue weighted by Gasteiger charge is -2.18. The summed E-state index contributed by atoms with van der Waals surface area (Å²) in [6.07, 6.45) is -0.276. The van der Waals surface area contributed by atoms with Gasteiger partial charge in [-0.05, 0) is 39.0 Å². The first-order valence-corrected chi connectivity index (χ1v) is 11.4. The topological polar surface area (TPSA) is 134 Å². The number of oxime groups is 1. The molecule has 0 aliphatic carbocycles. The van der Waals surface area contributed by atoms with Crippen LogP contribution in [0.5, 0.6) is 5.75 Å². The zero-order valence-corrected chi connectivity index (χ0v) is 21.1. The average molecular weight is 504 g/mol. The summed E-state index contributed by atoms with van der Waals surface area (Å²) < 4.78 is 26.7. The first-order valence-electron chi connectivity index (χ1n) is 11.4. The lowest BCUT2D eigenvalue weighted by molar-refractivity contribution is 0.0859. The number of methoxy groups -OCH3 is 1. The number of benzene rings is 1. The average Bonchev–Trinajstić information content (AvgIpc) is 3.31. The van der Waals surface area contributed by atoms with Gasteiger partial charge in [-0.2, -0.15) is 0 Å². The van der Waals surface area contributed by atoms with E-state index >= 15 is 0 Å². The van der Waals surface area contributed by atoms with Crippen LogP contribution in [0.1, 0.15) is 69.5 Å². The summed E-state index contributed by atoms with van der Waals surface area (Å²) in [5, 5.41) is 22.7. The second kappa shape index (κ2) is 11.3. The number of ether oxygens (including phenoxy) is 1. The number of aliphatic hydroxyl groups excluding tert-OH is 1. The van der Waals surface area contributed by atoms with Gasteiger partial charge in [-0.25, -0.2) is 9.18 Å². The summed E-state index contributed by atoms with van der Waals surface area (Å²) in [6.45, 7) is 8.27. The van der Waals surface area contributed by atoms with Crippen LogP contribution in [0.15, 0.2) is 43.6 Å². The van der Waals surface area contributed by atoms with Gasteiger partial charge in [0.05, 0.1) is 24.9 Å². The minimum Gasteiger partial charge on any atom is -0.496 e. The highest BCUT2D eigenvalue weighted by Gasteiger charge is 2.21. The summed E-state index contributed by atoms with van der Waals surface area (Å²) in [5.41, 5.74) is -0.942. The molecule has 0 aliphatic rings. The van der Waals surface area contributed by atoms with E-state index in [1.165, 1.54) is 25.4 Å². The molecule has 2 heterocycles. The number of hydrogen-bond acceptors (Lipinski definition) is 9. The largest absolute Gasteiger partial charge is 0.496 e. The fourth-order valence-corrected chi connectivity index (χ4v) is 3.35. The Hall–Kier alpha value is -3.80. The molecule has 0 aliphatic heterocycles. The van der Waals surface area contributed by atoms with Crippen molar-refractivity contribution in [2.75, 3.05) is 7.11 Å². The van der Waals surface area contributed by atoms with Crippen LogP contribution in [-0.4, -0.2) is 43.4 Å². The van der Waals surface area contributed by atoms with Crippen LogP contribution in [0.4, 0.5) is 4.39 Å². The molecule has 0 radical (unpaired) electrons. The Balaban J connectivity index is 2.10. The fraction of sp³-hybridized carbons (Fsp3) is 0.458. The lowest BCUT2D eigenvalue weighted by Crippen LogP contribution is -2.43. The van der Waals surface area contributed by atoms with Gasteiger partial charge in [-0.3, -0.25) is 13.9 Å².